The topological polar surface area (TPSA) is 99.2 Å². The zero-order valence-corrected chi connectivity index (χ0v) is 5.63. The lowest BCUT2D eigenvalue weighted by molar-refractivity contribution is -0.403. The summed E-state index contributed by atoms with van der Waals surface area (Å²) >= 11 is 0. The van der Waals surface area contributed by atoms with Crippen molar-refractivity contribution in [3.05, 3.63) is 38.4 Å². The summed E-state index contributed by atoms with van der Waals surface area (Å²) < 4.78 is 0. The Labute approximate surface area is 66.0 Å². The van der Waals surface area contributed by atoms with E-state index < -0.39 is 21.5 Å². The third kappa shape index (κ3) is 1.51. The molecule has 0 amide bonds. The number of nitrogens with zero attached hydrogens (tertiary/aromatic N) is 3. The van der Waals surface area contributed by atoms with Crippen molar-refractivity contribution in [2.45, 2.75) is 0 Å². The third-order valence-corrected chi connectivity index (χ3v) is 1.03. The smallest absolute Gasteiger partial charge is 0.358 e. The second kappa shape index (κ2) is 2.91. The minimum atomic E-state index is -0.840. The maximum atomic E-state index is 10.1. The van der Waals surface area contributed by atoms with Gasteiger partial charge in [0.2, 0.25) is 0 Å². The summed E-state index contributed by atoms with van der Waals surface area (Å²) in [6, 6.07) is 4.27. The molecule has 7 heteroatoms. The van der Waals surface area contributed by atoms with Crippen LogP contribution in [0.15, 0.2) is 12.1 Å². The van der Waals surface area contributed by atoms with Crippen LogP contribution in [0.5, 0.6) is 0 Å². The Hall–Kier alpha value is -2.05. The molecule has 1 rings (SSSR count). The molecule has 0 saturated heterocycles. The van der Waals surface area contributed by atoms with E-state index in [1.165, 1.54) is 0 Å². The number of pyridine rings is 1. The molecule has 0 atom stereocenters. The van der Waals surface area contributed by atoms with Gasteiger partial charge in [0, 0.05) is 11.1 Å². The molecule has 7 nitrogen and oxygen atoms in total. The molecule has 0 aliphatic carbocycles. The predicted octanol–water partition coefficient (Wildman–Crippen LogP) is 0.698. The van der Waals surface area contributed by atoms with Crippen molar-refractivity contribution in [3.63, 3.8) is 0 Å². The van der Waals surface area contributed by atoms with Crippen molar-refractivity contribution in [2.24, 2.45) is 0 Å². The van der Waals surface area contributed by atoms with Crippen LogP contribution in [-0.2, 0) is 0 Å². The third-order valence-electron chi connectivity index (χ3n) is 1.03. The fourth-order valence-electron chi connectivity index (χ4n) is 0.564. The van der Waals surface area contributed by atoms with Gasteiger partial charge in [-0.05, 0) is 15.9 Å². The van der Waals surface area contributed by atoms with Crippen LogP contribution in [0.3, 0.4) is 0 Å². The highest BCUT2D eigenvalue weighted by molar-refractivity contribution is 5.27. The zero-order chi connectivity index (χ0) is 9.14. The summed E-state index contributed by atoms with van der Waals surface area (Å²) in [4.78, 5) is 21.6. The van der Waals surface area contributed by atoms with E-state index in [2.05, 4.69) is 11.1 Å². The van der Waals surface area contributed by atoms with Crippen LogP contribution >= 0.6 is 0 Å². The molecule has 1 aromatic rings. The van der Waals surface area contributed by atoms with Crippen molar-refractivity contribution < 1.29 is 9.85 Å². The Balaban J connectivity index is 3.12. The normalized spacial score (nSPS) is 9.33. The molecule has 0 fully saturated rings. The van der Waals surface area contributed by atoms with Crippen LogP contribution in [0, 0.1) is 26.3 Å². The number of aromatic nitrogens is 1. The second-order valence-corrected chi connectivity index (χ2v) is 1.79. The van der Waals surface area contributed by atoms with E-state index in [1.807, 2.05) is 0 Å². The van der Waals surface area contributed by atoms with Gasteiger partial charge in [0.25, 0.3) is 0 Å². The number of nitro groups is 2. The summed E-state index contributed by atoms with van der Waals surface area (Å²) in [7, 11) is 0. The number of rotatable bonds is 2. The molecule has 0 bridgehead atoms. The van der Waals surface area contributed by atoms with Crippen LogP contribution in [0.2, 0.25) is 0 Å². The van der Waals surface area contributed by atoms with Gasteiger partial charge >= 0.3 is 11.6 Å². The summed E-state index contributed by atoms with van der Waals surface area (Å²) in [5.41, 5.74) is 0. The van der Waals surface area contributed by atoms with Crippen molar-refractivity contribution >= 4 is 11.6 Å². The quantitative estimate of drug-likeness (QED) is 0.477. The Morgan fingerprint density at radius 2 is 2.00 bits per heavy atom. The molecule has 0 aromatic carbocycles. The second-order valence-electron chi connectivity index (χ2n) is 1.79. The van der Waals surface area contributed by atoms with Gasteiger partial charge in [-0.25, -0.2) is 0 Å². The lowest BCUT2D eigenvalue weighted by Gasteiger charge is -1.92. The van der Waals surface area contributed by atoms with E-state index in [-0.39, 0.29) is 0 Å². The summed E-state index contributed by atoms with van der Waals surface area (Å²) in [6.07, 6.45) is 0. The van der Waals surface area contributed by atoms with Crippen molar-refractivity contribution in [1.29, 1.82) is 0 Å². The molecule has 0 saturated carbocycles. The molecule has 0 N–H and O–H groups in total. The first-order valence-corrected chi connectivity index (χ1v) is 2.79. The fourth-order valence-corrected chi connectivity index (χ4v) is 0.564. The molecule has 0 aliphatic rings. The summed E-state index contributed by atoms with van der Waals surface area (Å²) in [5, 5.41) is 20.1. The van der Waals surface area contributed by atoms with Gasteiger partial charge in [-0.3, -0.25) is 0 Å². The van der Waals surface area contributed by atoms with Gasteiger partial charge in [-0.1, -0.05) is 0 Å². The van der Waals surface area contributed by atoms with Gasteiger partial charge in [0.15, 0.2) is 0 Å². The standard InChI is InChI=1S/C5H2N3O4/c9-7(10)4-2-1-3-5(6-4)8(11)12/h1-2H. The van der Waals surface area contributed by atoms with Gasteiger partial charge in [0.1, 0.15) is 0 Å². The summed E-state index contributed by atoms with van der Waals surface area (Å²) in [5.74, 6) is -1.20. The molecule has 1 radical (unpaired) electrons. The maximum absolute atomic E-state index is 10.1. The lowest BCUT2D eigenvalue weighted by atomic mass is 10.4. The van der Waals surface area contributed by atoms with E-state index >= 15 is 0 Å². The Morgan fingerprint density at radius 3 is 2.50 bits per heavy atom. The SMILES string of the molecule is O=[N+]([O-])c1[c]ccc([N+](=O)[O-])n1. The first-order chi connectivity index (χ1) is 5.61. The molecule has 1 heterocycles. The van der Waals surface area contributed by atoms with E-state index in [0.717, 1.165) is 12.1 Å². The first-order valence-electron chi connectivity index (χ1n) is 2.79. The average molecular weight is 168 g/mol. The highest BCUT2D eigenvalue weighted by atomic mass is 16.6. The van der Waals surface area contributed by atoms with E-state index in [9.17, 15) is 20.2 Å². The molecular weight excluding hydrogens is 166 g/mol. The Morgan fingerprint density at radius 1 is 1.33 bits per heavy atom. The monoisotopic (exact) mass is 168 g/mol. The number of hydrogen-bond donors (Lipinski definition) is 0. The minimum absolute atomic E-state index is 0.555. The molecule has 61 valence electrons. The minimum Gasteiger partial charge on any atom is -0.358 e. The van der Waals surface area contributed by atoms with Crippen molar-refractivity contribution in [3.8, 4) is 0 Å². The molecule has 12 heavy (non-hydrogen) atoms. The molecule has 0 unspecified atom stereocenters. The van der Waals surface area contributed by atoms with Crippen LogP contribution in [-0.4, -0.2) is 14.8 Å². The number of hydrogen-bond acceptors (Lipinski definition) is 5. The van der Waals surface area contributed by atoms with Gasteiger partial charge in [-0.2, -0.15) is 0 Å². The predicted molar refractivity (Wildman–Crippen MR) is 36.4 cm³/mol. The lowest BCUT2D eigenvalue weighted by Crippen LogP contribution is -1.96. The van der Waals surface area contributed by atoms with E-state index in [0.29, 0.717) is 0 Å². The fraction of sp³-hybridized carbons (Fsp3) is 0. The molecule has 0 aliphatic heterocycles. The molecular formula is C5H2N3O4. The van der Waals surface area contributed by atoms with Crippen LogP contribution in [0.25, 0.3) is 0 Å². The van der Waals surface area contributed by atoms with Gasteiger partial charge < -0.3 is 20.2 Å². The van der Waals surface area contributed by atoms with E-state index in [1.54, 1.807) is 0 Å². The van der Waals surface area contributed by atoms with Crippen LogP contribution in [0.4, 0.5) is 11.6 Å². The van der Waals surface area contributed by atoms with Crippen molar-refractivity contribution in [2.75, 3.05) is 0 Å². The highest BCUT2D eigenvalue weighted by Gasteiger charge is 2.13. The van der Waals surface area contributed by atoms with Crippen LogP contribution in [0.1, 0.15) is 0 Å². The van der Waals surface area contributed by atoms with Gasteiger partial charge in [0.05, 0.1) is 6.07 Å². The average Bonchev–Trinajstić information content (AvgIpc) is 2.04. The maximum Gasteiger partial charge on any atom is 0.376 e. The first kappa shape index (κ1) is 8.05. The zero-order valence-electron chi connectivity index (χ0n) is 5.63. The molecule has 0 spiro atoms. The Bertz CT molecular complexity index is 308. The molecule has 1 aromatic heterocycles. The van der Waals surface area contributed by atoms with Crippen LogP contribution < -0.4 is 0 Å². The largest absolute Gasteiger partial charge is 0.376 e. The van der Waals surface area contributed by atoms with Crippen molar-refractivity contribution in [1.82, 2.24) is 4.98 Å². The summed E-state index contributed by atoms with van der Waals surface area (Å²) in [6.45, 7) is 0. The van der Waals surface area contributed by atoms with Gasteiger partial charge in [-0.15, -0.1) is 0 Å². The highest BCUT2D eigenvalue weighted by Crippen LogP contribution is 2.11. The Kier molecular flexibility index (Phi) is 1.95. The van der Waals surface area contributed by atoms with E-state index in [4.69, 9.17) is 0 Å².